The molecule has 2 aliphatic heterocycles. The van der Waals surface area contributed by atoms with Crippen LogP contribution in [0.5, 0.6) is 5.75 Å². The van der Waals surface area contributed by atoms with Crippen molar-refractivity contribution < 1.29 is 23.4 Å². The van der Waals surface area contributed by atoms with Crippen molar-refractivity contribution in [2.24, 2.45) is 16.0 Å². The number of aromatic nitrogens is 4. The second-order valence-corrected chi connectivity index (χ2v) is 9.85. The van der Waals surface area contributed by atoms with E-state index in [2.05, 4.69) is 30.1 Å². The normalized spacial score (nSPS) is 22.1. The smallest absolute Gasteiger partial charge is 0.160 e. The number of nitrogens with one attached hydrogen (secondary N) is 1. The van der Waals surface area contributed by atoms with E-state index in [-0.39, 0.29) is 29.8 Å². The fraction of sp³-hybridized carbons (Fsp3) is 0.440. The third kappa shape index (κ3) is 5.96. The molecule has 0 spiro atoms. The number of likely N-dealkylation sites (tertiary alicyclic amines) is 1. The van der Waals surface area contributed by atoms with Gasteiger partial charge in [-0.15, -0.1) is 0 Å². The van der Waals surface area contributed by atoms with E-state index >= 15 is 0 Å². The molecule has 0 amide bonds. The van der Waals surface area contributed by atoms with Gasteiger partial charge in [0.25, 0.3) is 0 Å². The first kappa shape index (κ1) is 27.2. The van der Waals surface area contributed by atoms with Gasteiger partial charge >= 0.3 is 0 Å². The summed E-state index contributed by atoms with van der Waals surface area (Å²) in [6.45, 7) is 3.85. The lowest BCUT2D eigenvalue weighted by molar-refractivity contribution is -0.0812. The van der Waals surface area contributed by atoms with Gasteiger partial charge in [0.2, 0.25) is 0 Å². The van der Waals surface area contributed by atoms with Crippen molar-refractivity contribution in [2.75, 3.05) is 32.9 Å². The van der Waals surface area contributed by atoms with E-state index in [1.807, 2.05) is 0 Å². The van der Waals surface area contributed by atoms with Crippen LogP contribution in [0.25, 0.3) is 11.2 Å². The van der Waals surface area contributed by atoms with Crippen LogP contribution in [0.1, 0.15) is 30.8 Å². The summed E-state index contributed by atoms with van der Waals surface area (Å²) >= 11 is 6.31. The topological polar surface area (TPSA) is 134 Å². The van der Waals surface area contributed by atoms with E-state index in [9.17, 15) is 13.9 Å². The summed E-state index contributed by atoms with van der Waals surface area (Å²) in [7, 11) is 0. The molecule has 11 nitrogen and oxygen atoms in total. The van der Waals surface area contributed by atoms with Crippen molar-refractivity contribution in [3.8, 4) is 5.75 Å². The quantitative estimate of drug-likeness (QED) is 0.300. The van der Waals surface area contributed by atoms with Gasteiger partial charge in [-0.25, -0.2) is 28.8 Å². The van der Waals surface area contributed by atoms with E-state index in [0.717, 1.165) is 18.9 Å². The molecule has 5 rings (SSSR count). The molecule has 2 saturated heterocycles. The van der Waals surface area contributed by atoms with Gasteiger partial charge in [0.15, 0.2) is 11.6 Å². The maximum atomic E-state index is 14.9. The van der Waals surface area contributed by atoms with Crippen molar-refractivity contribution in [3.63, 3.8) is 0 Å². The Bertz CT molecular complexity index is 1400. The third-order valence-electron chi connectivity index (χ3n) is 6.81. The molecular weight excluding hydrogens is 534 g/mol. The minimum absolute atomic E-state index is 0.00637. The van der Waals surface area contributed by atoms with Crippen LogP contribution in [-0.4, -0.2) is 80.9 Å². The van der Waals surface area contributed by atoms with Gasteiger partial charge in [-0.1, -0.05) is 11.6 Å². The molecule has 1 unspecified atom stereocenters. The summed E-state index contributed by atoms with van der Waals surface area (Å²) in [4.78, 5) is 14.1. The third-order valence-corrected chi connectivity index (χ3v) is 7.09. The van der Waals surface area contributed by atoms with Crippen molar-refractivity contribution in [3.05, 3.63) is 58.8 Å². The largest absolute Gasteiger partial charge is 0.488 e. The lowest BCUT2D eigenvalue weighted by atomic mass is 9.94. The van der Waals surface area contributed by atoms with Crippen LogP contribution in [0.15, 0.2) is 46.7 Å². The highest BCUT2D eigenvalue weighted by Crippen LogP contribution is 2.33. The molecule has 0 bridgehead atoms. The van der Waals surface area contributed by atoms with Crippen LogP contribution in [0.2, 0.25) is 5.02 Å². The maximum absolute atomic E-state index is 14.9. The first-order valence-corrected chi connectivity index (χ1v) is 12.8. The molecule has 2 fully saturated rings. The molecule has 5 heterocycles. The molecule has 2 aliphatic rings. The molecule has 206 valence electrons. The number of pyridine rings is 1. The van der Waals surface area contributed by atoms with Crippen LogP contribution in [0.3, 0.4) is 0 Å². The van der Waals surface area contributed by atoms with Crippen LogP contribution in [0.4, 0.5) is 8.78 Å². The minimum Gasteiger partial charge on any atom is -0.488 e. The van der Waals surface area contributed by atoms with Gasteiger partial charge in [-0.2, -0.15) is 10.2 Å². The summed E-state index contributed by atoms with van der Waals surface area (Å²) < 4.78 is 40.5. The highest BCUT2D eigenvalue weighted by Gasteiger charge is 2.34. The first-order chi connectivity index (χ1) is 18.8. The highest BCUT2D eigenvalue weighted by molar-refractivity contribution is 6.34. The summed E-state index contributed by atoms with van der Waals surface area (Å²) in [6, 6.07) is 1.90. The number of ether oxygens (including phenoxy) is 2. The molecule has 3 aromatic rings. The number of rotatable bonds is 9. The monoisotopic (exact) mass is 560 g/mol. The fourth-order valence-electron chi connectivity index (χ4n) is 4.53. The summed E-state index contributed by atoms with van der Waals surface area (Å²) in [5.41, 5.74) is 9.32. The second-order valence-electron chi connectivity index (χ2n) is 9.44. The molecule has 0 aliphatic carbocycles. The zero-order valence-electron chi connectivity index (χ0n) is 21.0. The van der Waals surface area contributed by atoms with Gasteiger partial charge in [0.1, 0.15) is 35.8 Å². The van der Waals surface area contributed by atoms with Gasteiger partial charge in [0, 0.05) is 30.4 Å². The number of hydrogen-bond donors (Lipinski definition) is 2. The zero-order chi connectivity index (χ0) is 27.5. The Balaban J connectivity index is 1.35. The van der Waals surface area contributed by atoms with Gasteiger partial charge in [-0.05, 0) is 26.0 Å². The number of fused-ring (bicyclic) bond motifs is 1. The Hall–Kier alpha value is -3.39. The minimum atomic E-state index is -1.24. The fourth-order valence-corrected chi connectivity index (χ4v) is 4.75. The Morgan fingerprint density at radius 2 is 2.13 bits per heavy atom. The molecule has 3 aromatic heterocycles. The summed E-state index contributed by atoms with van der Waals surface area (Å²) in [5.74, 6) is -0.718. The zero-order valence-corrected chi connectivity index (χ0v) is 21.8. The standard InChI is InChI=1S/C25H27ClF2N8O3/c1-14(30-5-15-2-3-35(10-20(15)28)18-11-38-12-18)23(34-29)16-4-22(24-19(26)8-33-36(24)9-16)39-13-21(37)25-31-6-17(27)7-32-25/h4-9,15,18,20-21,29,37H,2-3,10-13H2,1H3/b23-14-,30-5?,34-29?/t15?,20-,21-/m0/s1. The molecule has 0 aromatic carbocycles. The number of aliphatic imine (C=N–C) groups is 1. The Morgan fingerprint density at radius 1 is 1.36 bits per heavy atom. The number of aliphatic hydroxyl groups excluding tert-OH is 1. The van der Waals surface area contributed by atoms with E-state index in [1.54, 1.807) is 25.4 Å². The maximum Gasteiger partial charge on any atom is 0.160 e. The molecule has 0 radical (unpaired) electrons. The number of halogens is 3. The van der Waals surface area contributed by atoms with Crippen LogP contribution in [-0.2, 0) is 4.74 Å². The van der Waals surface area contributed by atoms with E-state index in [0.29, 0.717) is 54.0 Å². The predicted octanol–water partition coefficient (Wildman–Crippen LogP) is 3.88. The highest BCUT2D eigenvalue weighted by atomic mass is 35.5. The average molecular weight is 561 g/mol. The second kappa shape index (κ2) is 11.8. The van der Waals surface area contributed by atoms with Crippen molar-refractivity contribution in [1.29, 1.82) is 5.53 Å². The van der Waals surface area contributed by atoms with Crippen molar-refractivity contribution in [1.82, 2.24) is 24.5 Å². The molecule has 2 N–H and O–H groups in total. The molecule has 39 heavy (non-hydrogen) atoms. The molecule has 3 atom stereocenters. The number of alkyl halides is 1. The van der Waals surface area contributed by atoms with E-state index in [4.69, 9.17) is 26.6 Å². The number of hydrogen-bond acceptors (Lipinski definition) is 10. The van der Waals surface area contributed by atoms with Crippen molar-refractivity contribution in [2.45, 2.75) is 31.7 Å². The Kier molecular flexibility index (Phi) is 8.21. The van der Waals surface area contributed by atoms with E-state index in [1.165, 1.54) is 10.7 Å². The first-order valence-electron chi connectivity index (χ1n) is 12.4. The number of piperidine rings is 1. The van der Waals surface area contributed by atoms with Crippen LogP contribution >= 0.6 is 11.6 Å². The van der Waals surface area contributed by atoms with Crippen molar-refractivity contribution >= 4 is 29.0 Å². The van der Waals surface area contributed by atoms with Crippen LogP contribution in [0, 0.1) is 17.3 Å². The number of allylic oxidation sites excluding steroid dienone is 1. The molecule has 0 saturated carbocycles. The Labute approximate surface area is 227 Å². The lowest BCUT2D eigenvalue weighted by Gasteiger charge is -2.42. The van der Waals surface area contributed by atoms with Gasteiger partial charge < -0.3 is 14.6 Å². The summed E-state index contributed by atoms with van der Waals surface area (Å²) in [6.07, 6.45) is 4.90. The average Bonchev–Trinajstić information content (AvgIpc) is 3.27. The van der Waals surface area contributed by atoms with Crippen LogP contribution < -0.4 is 4.74 Å². The summed E-state index contributed by atoms with van der Waals surface area (Å²) in [5, 5.41) is 18.6. The molecular formula is C25H27ClF2N8O3. The lowest BCUT2D eigenvalue weighted by Crippen LogP contribution is -2.54. The SMILES string of the molecule is C/C(N=CC1CCN(C2COC2)C[C@@H]1F)=C(/N=N)c1cc(OC[C@H](O)c2ncc(F)cn2)c2c(Cl)cnn2c1. The number of nitrogens with zero attached hydrogens (tertiary/aromatic N) is 7. The predicted molar refractivity (Wildman–Crippen MR) is 138 cm³/mol. The van der Waals surface area contributed by atoms with Gasteiger partial charge in [0.05, 0.1) is 48.6 Å². The molecule has 14 heteroatoms. The number of aliphatic hydroxyl groups is 1. The van der Waals surface area contributed by atoms with Gasteiger partial charge in [-0.3, -0.25) is 9.89 Å². The van der Waals surface area contributed by atoms with E-state index < -0.39 is 18.1 Å². The Morgan fingerprint density at radius 3 is 2.79 bits per heavy atom.